The molecule has 2 rings (SSSR count). The Morgan fingerprint density at radius 1 is 1.33 bits per heavy atom. The van der Waals surface area contributed by atoms with Gasteiger partial charge in [-0.25, -0.2) is 0 Å². The van der Waals surface area contributed by atoms with Crippen LogP contribution in [0.15, 0.2) is 12.1 Å². The summed E-state index contributed by atoms with van der Waals surface area (Å²) in [7, 11) is 0. The molecule has 1 aromatic rings. The van der Waals surface area contributed by atoms with Crippen LogP contribution in [0.25, 0.3) is 0 Å². The van der Waals surface area contributed by atoms with Crippen LogP contribution in [-0.2, 0) is 4.74 Å². The average molecular weight is 270 g/mol. The van der Waals surface area contributed by atoms with Crippen molar-refractivity contribution in [3.63, 3.8) is 0 Å². The van der Waals surface area contributed by atoms with Gasteiger partial charge in [0.05, 0.1) is 11.8 Å². The second-order valence-electron chi connectivity index (χ2n) is 4.87. The standard InChI is InChI=1S/C14H20ClNO2/c1-10-7-11(15)8-13(14(10)17)16-9-18-12-5-3-2-4-6-12/h7-8,12,16-17H,2-6,9H2,1H3. The van der Waals surface area contributed by atoms with Crippen LogP contribution >= 0.6 is 11.6 Å². The lowest BCUT2D eigenvalue weighted by Crippen LogP contribution is -2.20. The van der Waals surface area contributed by atoms with Gasteiger partial charge in [-0.3, -0.25) is 0 Å². The van der Waals surface area contributed by atoms with Gasteiger partial charge in [-0.15, -0.1) is 0 Å². The van der Waals surface area contributed by atoms with E-state index in [1.54, 1.807) is 12.1 Å². The molecule has 0 atom stereocenters. The monoisotopic (exact) mass is 269 g/mol. The first kappa shape index (κ1) is 13.5. The lowest BCUT2D eigenvalue weighted by atomic mass is 9.98. The number of aromatic hydroxyl groups is 1. The Labute approximate surface area is 113 Å². The van der Waals surface area contributed by atoms with E-state index in [2.05, 4.69) is 5.32 Å². The van der Waals surface area contributed by atoms with Crippen molar-refractivity contribution in [1.29, 1.82) is 0 Å². The Balaban J connectivity index is 1.86. The van der Waals surface area contributed by atoms with E-state index in [9.17, 15) is 5.11 Å². The van der Waals surface area contributed by atoms with E-state index in [1.807, 2.05) is 6.92 Å². The van der Waals surface area contributed by atoms with Gasteiger partial charge >= 0.3 is 0 Å². The first-order chi connectivity index (χ1) is 8.66. The average Bonchev–Trinajstić information content (AvgIpc) is 2.36. The molecule has 0 aromatic heterocycles. The number of halogens is 1. The molecule has 0 bridgehead atoms. The van der Waals surface area contributed by atoms with Crippen LogP contribution < -0.4 is 5.32 Å². The zero-order valence-electron chi connectivity index (χ0n) is 10.7. The summed E-state index contributed by atoms with van der Waals surface area (Å²) in [6, 6.07) is 3.46. The molecule has 0 heterocycles. The minimum absolute atomic E-state index is 0.242. The molecule has 2 N–H and O–H groups in total. The van der Waals surface area contributed by atoms with E-state index in [4.69, 9.17) is 16.3 Å². The van der Waals surface area contributed by atoms with E-state index >= 15 is 0 Å². The molecular weight excluding hydrogens is 250 g/mol. The number of hydrogen-bond acceptors (Lipinski definition) is 3. The zero-order chi connectivity index (χ0) is 13.0. The number of phenolic OH excluding ortho intramolecular Hbond substituents is 1. The molecule has 18 heavy (non-hydrogen) atoms. The number of nitrogens with one attached hydrogen (secondary N) is 1. The van der Waals surface area contributed by atoms with Crippen molar-refractivity contribution < 1.29 is 9.84 Å². The summed E-state index contributed by atoms with van der Waals surface area (Å²) >= 11 is 5.96. The molecule has 1 fully saturated rings. The van der Waals surface area contributed by atoms with Crippen molar-refractivity contribution in [3.8, 4) is 5.75 Å². The summed E-state index contributed by atoms with van der Waals surface area (Å²) in [4.78, 5) is 0. The van der Waals surface area contributed by atoms with E-state index in [1.165, 1.54) is 19.3 Å². The lowest BCUT2D eigenvalue weighted by Gasteiger charge is -2.22. The van der Waals surface area contributed by atoms with Crippen molar-refractivity contribution in [2.75, 3.05) is 12.0 Å². The number of benzene rings is 1. The summed E-state index contributed by atoms with van der Waals surface area (Å²) < 4.78 is 5.76. The predicted octanol–water partition coefficient (Wildman–Crippen LogP) is 4.07. The summed E-state index contributed by atoms with van der Waals surface area (Å²) in [6.07, 6.45) is 6.47. The molecule has 0 saturated heterocycles. The van der Waals surface area contributed by atoms with Crippen LogP contribution in [0, 0.1) is 6.92 Å². The van der Waals surface area contributed by atoms with Gasteiger partial charge in [-0.05, 0) is 37.5 Å². The third kappa shape index (κ3) is 3.53. The minimum Gasteiger partial charge on any atom is -0.506 e. The van der Waals surface area contributed by atoms with Gasteiger partial charge in [0.2, 0.25) is 0 Å². The third-order valence-corrected chi connectivity index (χ3v) is 3.62. The molecular formula is C14H20ClNO2. The predicted molar refractivity (Wildman–Crippen MR) is 74.3 cm³/mol. The molecule has 0 unspecified atom stereocenters. The number of rotatable bonds is 4. The first-order valence-electron chi connectivity index (χ1n) is 6.51. The van der Waals surface area contributed by atoms with Crippen molar-refractivity contribution in [2.45, 2.75) is 45.1 Å². The Bertz CT molecular complexity index is 403. The quantitative estimate of drug-likeness (QED) is 0.639. The zero-order valence-corrected chi connectivity index (χ0v) is 11.5. The topological polar surface area (TPSA) is 41.5 Å². The van der Waals surface area contributed by atoms with Gasteiger partial charge in [0.1, 0.15) is 12.5 Å². The number of aryl methyl sites for hydroxylation is 1. The minimum atomic E-state index is 0.242. The highest BCUT2D eigenvalue weighted by Crippen LogP contribution is 2.31. The fraction of sp³-hybridized carbons (Fsp3) is 0.571. The van der Waals surface area contributed by atoms with Crippen LogP contribution in [0.1, 0.15) is 37.7 Å². The molecule has 0 radical (unpaired) electrons. The molecule has 100 valence electrons. The normalized spacial score (nSPS) is 16.8. The van der Waals surface area contributed by atoms with Gasteiger partial charge in [-0.2, -0.15) is 0 Å². The highest BCUT2D eigenvalue weighted by atomic mass is 35.5. The van der Waals surface area contributed by atoms with Crippen LogP contribution in [0.3, 0.4) is 0 Å². The van der Waals surface area contributed by atoms with Crippen LogP contribution in [-0.4, -0.2) is 17.9 Å². The van der Waals surface area contributed by atoms with E-state index in [-0.39, 0.29) is 5.75 Å². The molecule has 1 aliphatic rings. The van der Waals surface area contributed by atoms with Gasteiger partial charge < -0.3 is 15.2 Å². The highest BCUT2D eigenvalue weighted by Gasteiger charge is 2.13. The summed E-state index contributed by atoms with van der Waals surface area (Å²) in [6.45, 7) is 2.24. The highest BCUT2D eigenvalue weighted by molar-refractivity contribution is 6.31. The molecule has 0 amide bonds. The van der Waals surface area contributed by atoms with Crippen molar-refractivity contribution in [3.05, 3.63) is 22.7 Å². The van der Waals surface area contributed by atoms with Crippen LogP contribution in [0.4, 0.5) is 5.69 Å². The van der Waals surface area contributed by atoms with Crippen LogP contribution in [0.5, 0.6) is 5.75 Å². The number of phenols is 1. The second kappa shape index (κ2) is 6.30. The van der Waals surface area contributed by atoms with Crippen molar-refractivity contribution in [2.24, 2.45) is 0 Å². The molecule has 3 nitrogen and oxygen atoms in total. The molecule has 1 aromatic carbocycles. The largest absolute Gasteiger partial charge is 0.506 e. The Hall–Kier alpha value is -0.930. The fourth-order valence-corrected chi connectivity index (χ4v) is 2.61. The Kier molecular flexibility index (Phi) is 4.72. The maximum Gasteiger partial charge on any atom is 0.141 e. The van der Waals surface area contributed by atoms with Crippen molar-refractivity contribution >= 4 is 17.3 Å². The van der Waals surface area contributed by atoms with Gasteiger partial charge in [-0.1, -0.05) is 30.9 Å². The van der Waals surface area contributed by atoms with Gasteiger partial charge in [0.15, 0.2) is 0 Å². The SMILES string of the molecule is Cc1cc(Cl)cc(NCOC2CCCCC2)c1O. The van der Waals surface area contributed by atoms with E-state index < -0.39 is 0 Å². The summed E-state index contributed by atoms with van der Waals surface area (Å²) in [5.74, 6) is 0.242. The van der Waals surface area contributed by atoms with Crippen LogP contribution in [0.2, 0.25) is 5.02 Å². The second-order valence-corrected chi connectivity index (χ2v) is 5.30. The van der Waals surface area contributed by atoms with E-state index in [0.717, 1.165) is 18.4 Å². The number of hydrogen-bond donors (Lipinski definition) is 2. The smallest absolute Gasteiger partial charge is 0.141 e. The molecule has 0 aliphatic heterocycles. The molecule has 4 heteroatoms. The first-order valence-corrected chi connectivity index (χ1v) is 6.89. The fourth-order valence-electron chi connectivity index (χ4n) is 2.34. The maximum atomic E-state index is 9.88. The van der Waals surface area contributed by atoms with Gasteiger partial charge in [0, 0.05) is 5.02 Å². The van der Waals surface area contributed by atoms with E-state index in [0.29, 0.717) is 23.5 Å². The third-order valence-electron chi connectivity index (χ3n) is 3.40. The van der Waals surface area contributed by atoms with Gasteiger partial charge in [0.25, 0.3) is 0 Å². The summed E-state index contributed by atoms with van der Waals surface area (Å²) in [5, 5.41) is 13.6. The Morgan fingerprint density at radius 3 is 2.78 bits per heavy atom. The van der Waals surface area contributed by atoms with Crippen molar-refractivity contribution in [1.82, 2.24) is 0 Å². The number of ether oxygens (including phenoxy) is 1. The molecule has 1 saturated carbocycles. The Morgan fingerprint density at radius 2 is 2.06 bits per heavy atom. The maximum absolute atomic E-state index is 9.88. The summed E-state index contributed by atoms with van der Waals surface area (Å²) in [5.41, 5.74) is 1.40. The molecule has 0 spiro atoms. The molecule has 1 aliphatic carbocycles. The number of anilines is 1. The lowest BCUT2D eigenvalue weighted by molar-refractivity contribution is 0.0399.